The first kappa shape index (κ1) is 14.7. The molecule has 0 radical (unpaired) electrons. The van der Waals surface area contributed by atoms with Crippen LogP contribution in [0.5, 0.6) is 0 Å². The molecule has 0 spiro atoms. The number of carboxylic acids is 1. The summed E-state index contributed by atoms with van der Waals surface area (Å²) in [5.41, 5.74) is 1.36. The van der Waals surface area contributed by atoms with Crippen molar-refractivity contribution < 1.29 is 9.90 Å². The van der Waals surface area contributed by atoms with E-state index >= 15 is 0 Å². The number of hydrogen-bond donors (Lipinski definition) is 1. The first-order chi connectivity index (χ1) is 8.59. The molecule has 1 aromatic rings. The Hall–Kier alpha value is -1.35. The lowest BCUT2D eigenvalue weighted by atomic mass is 10.1. The SMILES string of the molecule is CC(CCc1ccccc1)N(C)CCCC(=O)O. The Bertz CT molecular complexity index is 351. The molecular formula is C15H23NO2. The predicted octanol–water partition coefficient (Wildman–Crippen LogP) is 2.80. The van der Waals surface area contributed by atoms with Crippen molar-refractivity contribution in [2.24, 2.45) is 0 Å². The molecule has 100 valence electrons. The van der Waals surface area contributed by atoms with Gasteiger partial charge >= 0.3 is 5.97 Å². The summed E-state index contributed by atoms with van der Waals surface area (Å²) in [6.45, 7) is 3.05. The fourth-order valence-corrected chi connectivity index (χ4v) is 1.94. The molecule has 1 rings (SSSR count). The molecule has 1 N–H and O–H groups in total. The van der Waals surface area contributed by atoms with Gasteiger partial charge in [-0.25, -0.2) is 0 Å². The van der Waals surface area contributed by atoms with Crippen LogP contribution < -0.4 is 0 Å². The van der Waals surface area contributed by atoms with Gasteiger partial charge in [0.2, 0.25) is 0 Å². The van der Waals surface area contributed by atoms with E-state index in [4.69, 9.17) is 5.11 Å². The number of aliphatic carboxylic acids is 1. The van der Waals surface area contributed by atoms with Crippen LogP contribution in [-0.2, 0) is 11.2 Å². The van der Waals surface area contributed by atoms with Crippen LogP contribution in [0, 0.1) is 0 Å². The standard InChI is InChI=1S/C15H23NO2/c1-13(16(2)12-6-9-15(17)18)10-11-14-7-4-3-5-8-14/h3-5,7-8,13H,6,9-12H2,1-2H3,(H,17,18). The van der Waals surface area contributed by atoms with Crippen LogP contribution in [-0.4, -0.2) is 35.6 Å². The van der Waals surface area contributed by atoms with E-state index in [2.05, 4.69) is 43.1 Å². The van der Waals surface area contributed by atoms with Crippen molar-refractivity contribution >= 4 is 5.97 Å². The minimum absolute atomic E-state index is 0.260. The first-order valence-electron chi connectivity index (χ1n) is 6.55. The normalized spacial score (nSPS) is 12.6. The second-order valence-electron chi connectivity index (χ2n) is 4.85. The molecule has 1 aromatic carbocycles. The highest BCUT2D eigenvalue weighted by Crippen LogP contribution is 2.09. The third kappa shape index (κ3) is 5.82. The zero-order chi connectivity index (χ0) is 13.4. The summed E-state index contributed by atoms with van der Waals surface area (Å²) in [5, 5.41) is 8.60. The Morgan fingerprint density at radius 3 is 2.61 bits per heavy atom. The second-order valence-corrected chi connectivity index (χ2v) is 4.85. The van der Waals surface area contributed by atoms with E-state index in [-0.39, 0.29) is 6.42 Å². The molecule has 3 nitrogen and oxygen atoms in total. The minimum atomic E-state index is -0.708. The average molecular weight is 249 g/mol. The van der Waals surface area contributed by atoms with Gasteiger partial charge in [0, 0.05) is 12.5 Å². The fraction of sp³-hybridized carbons (Fsp3) is 0.533. The van der Waals surface area contributed by atoms with Crippen molar-refractivity contribution in [3.63, 3.8) is 0 Å². The van der Waals surface area contributed by atoms with Gasteiger partial charge in [0.15, 0.2) is 0 Å². The molecule has 0 saturated heterocycles. The maximum Gasteiger partial charge on any atom is 0.303 e. The molecule has 0 saturated carbocycles. The van der Waals surface area contributed by atoms with Crippen LogP contribution >= 0.6 is 0 Å². The van der Waals surface area contributed by atoms with Crippen molar-refractivity contribution in [2.45, 2.75) is 38.6 Å². The number of carboxylic acid groups (broad SMARTS) is 1. The average Bonchev–Trinajstić information content (AvgIpc) is 2.36. The highest BCUT2D eigenvalue weighted by Gasteiger charge is 2.09. The molecule has 0 aliphatic heterocycles. The van der Waals surface area contributed by atoms with Gasteiger partial charge in [0.05, 0.1) is 0 Å². The number of nitrogens with zero attached hydrogens (tertiary/aromatic N) is 1. The van der Waals surface area contributed by atoms with Crippen LogP contribution in [0.3, 0.4) is 0 Å². The zero-order valence-electron chi connectivity index (χ0n) is 11.3. The third-order valence-corrected chi connectivity index (χ3v) is 3.35. The maximum absolute atomic E-state index is 10.4. The molecule has 1 atom stereocenters. The van der Waals surface area contributed by atoms with Crippen LogP contribution in [0.4, 0.5) is 0 Å². The van der Waals surface area contributed by atoms with E-state index in [1.807, 2.05) is 6.07 Å². The third-order valence-electron chi connectivity index (χ3n) is 3.35. The van der Waals surface area contributed by atoms with E-state index in [0.717, 1.165) is 25.8 Å². The van der Waals surface area contributed by atoms with Crippen LogP contribution in [0.15, 0.2) is 30.3 Å². The molecule has 1 unspecified atom stereocenters. The summed E-state index contributed by atoms with van der Waals surface area (Å²) in [6, 6.07) is 10.9. The van der Waals surface area contributed by atoms with Gasteiger partial charge in [-0.05, 0) is 45.3 Å². The Labute approximate surface area is 109 Å². The number of benzene rings is 1. The number of rotatable bonds is 8. The summed E-state index contributed by atoms with van der Waals surface area (Å²) in [4.78, 5) is 12.7. The monoisotopic (exact) mass is 249 g/mol. The molecule has 3 heteroatoms. The van der Waals surface area contributed by atoms with Gasteiger partial charge in [0.25, 0.3) is 0 Å². The van der Waals surface area contributed by atoms with Crippen molar-refractivity contribution in [2.75, 3.05) is 13.6 Å². The van der Waals surface area contributed by atoms with Crippen molar-refractivity contribution in [1.82, 2.24) is 4.90 Å². The van der Waals surface area contributed by atoms with Crippen molar-refractivity contribution in [3.05, 3.63) is 35.9 Å². The molecular weight excluding hydrogens is 226 g/mol. The smallest absolute Gasteiger partial charge is 0.303 e. The summed E-state index contributed by atoms with van der Waals surface area (Å²) in [7, 11) is 2.07. The van der Waals surface area contributed by atoms with Crippen molar-refractivity contribution in [3.8, 4) is 0 Å². The summed E-state index contributed by atoms with van der Waals surface area (Å²) in [6.07, 6.45) is 3.16. The second kappa shape index (κ2) is 7.88. The zero-order valence-corrected chi connectivity index (χ0v) is 11.3. The highest BCUT2D eigenvalue weighted by molar-refractivity contribution is 5.66. The van der Waals surface area contributed by atoms with Gasteiger partial charge in [-0.1, -0.05) is 30.3 Å². The lowest BCUT2D eigenvalue weighted by Gasteiger charge is -2.24. The summed E-state index contributed by atoms with van der Waals surface area (Å²) in [5.74, 6) is -0.708. The fourth-order valence-electron chi connectivity index (χ4n) is 1.94. The van der Waals surface area contributed by atoms with Gasteiger partial charge < -0.3 is 10.0 Å². The van der Waals surface area contributed by atoms with E-state index in [0.29, 0.717) is 6.04 Å². The Kier molecular flexibility index (Phi) is 6.44. The van der Waals surface area contributed by atoms with Crippen LogP contribution in [0.25, 0.3) is 0 Å². The van der Waals surface area contributed by atoms with Gasteiger partial charge in [-0.3, -0.25) is 4.79 Å². The van der Waals surface area contributed by atoms with Gasteiger partial charge in [-0.15, -0.1) is 0 Å². The molecule has 0 heterocycles. The topological polar surface area (TPSA) is 40.5 Å². The van der Waals surface area contributed by atoms with Crippen molar-refractivity contribution in [1.29, 1.82) is 0 Å². The van der Waals surface area contributed by atoms with E-state index in [1.165, 1.54) is 5.56 Å². The lowest BCUT2D eigenvalue weighted by molar-refractivity contribution is -0.137. The molecule has 0 aliphatic carbocycles. The Balaban J connectivity index is 2.23. The molecule has 0 amide bonds. The van der Waals surface area contributed by atoms with E-state index in [9.17, 15) is 4.79 Å². The van der Waals surface area contributed by atoms with E-state index < -0.39 is 5.97 Å². The molecule has 0 aliphatic rings. The lowest BCUT2D eigenvalue weighted by Crippen LogP contribution is -2.30. The van der Waals surface area contributed by atoms with Gasteiger partial charge in [-0.2, -0.15) is 0 Å². The predicted molar refractivity (Wildman–Crippen MR) is 73.7 cm³/mol. The van der Waals surface area contributed by atoms with Crippen LogP contribution in [0.2, 0.25) is 0 Å². The highest BCUT2D eigenvalue weighted by atomic mass is 16.4. The van der Waals surface area contributed by atoms with E-state index in [1.54, 1.807) is 0 Å². The number of hydrogen-bond acceptors (Lipinski definition) is 2. The Morgan fingerprint density at radius 1 is 1.33 bits per heavy atom. The quantitative estimate of drug-likeness (QED) is 0.770. The van der Waals surface area contributed by atoms with Gasteiger partial charge in [0.1, 0.15) is 0 Å². The number of carbonyl (C=O) groups is 1. The molecule has 0 fully saturated rings. The largest absolute Gasteiger partial charge is 0.481 e. The molecule has 18 heavy (non-hydrogen) atoms. The maximum atomic E-state index is 10.4. The number of aryl methyl sites for hydroxylation is 1. The first-order valence-corrected chi connectivity index (χ1v) is 6.55. The molecule has 0 aromatic heterocycles. The Morgan fingerprint density at radius 2 is 2.00 bits per heavy atom. The summed E-state index contributed by atoms with van der Waals surface area (Å²) < 4.78 is 0. The molecule has 0 bridgehead atoms. The van der Waals surface area contributed by atoms with Crippen LogP contribution in [0.1, 0.15) is 31.7 Å². The minimum Gasteiger partial charge on any atom is -0.481 e. The summed E-state index contributed by atoms with van der Waals surface area (Å²) >= 11 is 0.